The lowest BCUT2D eigenvalue weighted by atomic mass is 10.1. The van der Waals surface area contributed by atoms with Gasteiger partial charge in [-0.15, -0.1) is 0 Å². The average molecular weight is 321 g/mol. The van der Waals surface area contributed by atoms with E-state index in [0.29, 0.717) is 11.5 Å². The molecule has 0 aliphatic carbocycles. The number of carbonyl (C=O) groups excluding carboxylic acids is 1. The maximum Gasteiger partial charge on any atom is 0.336 e. The minimum atomic E-state index is -0.426. The van der Waals surface area contributed by atoms with Crippen molar-refractivity contribution in [3.63, 3.8) is 0 Å². The molecule has 0 atom stereocenters. The first-order valence-corrected chi connectivity index (χ1v) is 6.55. The van der Waals surface area contributed by atoms with Crippen LogP contribution in [0.3, 0.4) is 0 Å². The number of aryl methyl sites for hydroxylation is 2. The van der Waals surface area contributed by atoms with Gasteiger partial charge in [0.25, 0.3) is 0 Å². The van der Waals surface area contributed by atoms with E-state index in [1.807, 2.05) is 26.0 Å². The maximum absolute atomic E-state index is 11.7. The molecule has 0 saturated carbocycles. The third-order valence-corrected chi connectivity index (χ3v) is 3.01. The normalized spacial score (nSPS) is 10.9. The molecule has 2 aromatic rings. The number of carbonyl (C=O) groups is 1. The van der Waals surface area contributed by atoms with Crippen LogP contribution in [0.1, 0.15) is 16.9 Å². The molecule has 4 heteroatoms. The molecular formula is C15H13BrO3. The van der Waals surface area contributed by atoms with Crippen molar-refractivity contribution < 1.29 is 13.9 Å². The van der Waals surface area contributed by atoms with Gasteiger partial charge in [-0.2, -0.15) is 0 Å². The Morgan fingerprint density at radius 1 is 1.32 bits per heavy atom. The second-order valence-corrected chi connectivity index (χ2v) is 5.05. The highest BCUT2D eigenvalue weighted by Gasteiger charge is 2.09. The fourth-order valence-corrected chi connectivity index (χ4v) is 2.42. The molecule has 0 bridgehead atoms. The lowest BCUT2D eigenvalue weighted by Gasteiger charge is -2.09. The van der Waals surface area contributed by atoms with E-state index in [1.165, 1.54) is 6.08 Å². The summed E-state index contributed by atoms with van der Waals surface area (Å²) in [4.78, 5) is 11.7. The van der Waals surface area contributed by atoms with Crippen molar-refractivity contribution in [3.8, 4) is 5.75 Å². The summed E-state index contributed by atoms with van der Waals surface area (Å²) in [6.45, 7) is 3.80. The van der Waals surface area contributed by atoms with Crippen LogP contribution in [0.25, 0.3) is 6.08 Å². The van der Waals surface area contributed by atoms with E-state index in [1.54, 1.807) is 24.5 Å². The van der Waals surface area contributed by atoms with Gasteiger partial charge in [-0.3, -0.25) is 0 Å². The van der Waals surface area contributed by atoms with Crippen molar-refractivity contribution in [3.05, 3.63) is 58.0 Å². The number of ether oxygens (including phenoxy) is 1. The summed E-state index contributed by atoms with van der Waals surface area (Å²) in [6, 6.07) is 7.34. The van der Waals surface area contributed by atoms with Crippen LogP contribution in [0.15, 0.2) is 45.5 Å². The number of hydrogen-bond donors (Lipinski definition) is 0. The van der Waals surface area contributed by atoms with E-state index < -0.39 is 5.97 Å². The molecule has 1 aromatic carbocycles. The molecule has 3 nitrogen and oxygen atoms in total. The van der Waals surface area contributed by atoms with Gasteiger partial charge in [0.1, 0.15) is 11.5 Å². The zero-order valence-corrected chi connectivity index (χ0v) is 12.2. The third-order valence-electron chi connectivity index (χ3n) is 2.55. The molecule has 0 aliphatic heterocycles. The number of rotatable bonds is 3. The van der Waals surface area contributed by atoms with Gasteiger partial charge in [0, 0.05) is 10.5 Å². The second-order valence-electron chi connectivity index (χ2n) is 4.14. The smallest absolute Gasteiger partial charge is 0.336 e. The minimum Gasteiger partial charge on any atom is -0.465 e. The molecule has 0 unspecified atom stereocenters. The first-order valence-electron chi connectivity index (χ1n) is 5.76. The molecule has 19 heavy (non-hydrogen) atoms. The van der Waals surface area contributed by atoms with Gasteiger partial charge >= 0.3 is 5.97 Å². The van der Waals surface area contributed by atoms with E-state index in [0.717, 1.165) is 15.6 Å². The van der Waals surface area contributed by atoms with Crippen molar-refractivity contribution in [1.29, 1.82) is 0 Å². The summed E-state index contributed by atoms with van der Waals surface area (Å²) in [5.41, 5.74) is 1.82. The van der Waals surface area contributed by atoms with Crippen LogP contribution >= 0.6 is 15.9 Å². The first kappa shape index (κ1) is 13.6. The lowest BCUT2D eigenvalue weighted by molar-refractivity contribution is -0.129. The standard InChI is InChI=1S/C15H13BrO3/c1-10-8-12(16)9-11(2)15(10)19-14(17)6-5-13-4-3-7-18-13/h3-9H,1-2H3/b6-5+. The molecular weight excluding hydrogens is 308 g/mol. The summed E-state index contributed by atoms with van der Waals surface area (Å²) < 4.78 is 11.4. The Morgan fingerprint density at radius 2 is 2.00 bits per heavy atom. The topological polar surface area (TPSA) is 39.4 Å². The van der Waals surface area contributed by atoms with Crippen LogP contribution in [0.4, 0.5) is 0 Å². The van der Waals surface area contributed by atoms with Gasteiger partial charge in [-0.1, -0.05) is 15.9 Å². The second kappa shape index (κ2) is 5.89. The zero-order valence-electron chi connectivity index (χ0n) is 10.6. The predicted octanol–water partition coefficient (Wildman–Crippen LogP) is 4.28. The summed E-state index contributed by atoms with van der Waals surface area (Å²) in [5.74, 6) is 0.781. The predicted molar refractivity (Wildman–Crippen MR) is 77.0 cm³/mol. The van der Waals surface area contributed by atoms with Crippen molar-refractivity contribution >= 4 is 28.0 Å². The molecule has 0 saturated heterocycles. The molecule has 2 rings (SSSR count). The van der Waals surface area contributed by atoms with E-state index in [2.05, 4.69) is 15.9 Å². The Hall–Kier alpha value is -1.81. The molecule has 0 fully saturated rings. The van der Waals surface area contributed by atoms with Crippen molar-refractivity contribution in [2.24, 2.45) is 0 Å². The summed E-state index contributed by atoms with van der Waals surface area (Å²) in [7, 11) is 0. The molecule has 0 N–H and O–H groups in total. The summed E-state index contributed by atoms with van der Waals surface area (Å²) in [6.07, 6.45) is 4.47. The maximum atomic E-state index is 11.7. The largest absolute Gasteiger partial charge is 0.465 e. The number of furan rings is 1. The highest BCUT2D eigenvalue weighted by Crippen LogP contribution is 2.27. The van der Waals surface area contributed by atoms with Gasteiger partial charge in [0.2, 0.25) is 0 Å². The van der Waals surface area contributed by atoms with Gasteiger partial charge in [0.05, 0.1) is 6.26 Å². The molecule has 1 aromatic heterocycles. The van der Waals surface area contributed by atoms with Gasteiger partial charge < -0.3 is 9.15 Å². The van der Waals surface area contributed by atoms with Crippen LogP contribution < -0.4 is 4.74 Å². The number of benzene rings is 1. The zero-order chi connectivity index (χ0) is 13.8. The minimum absolute atomic E-state index is 0.426. The quantitative estimate of drug-likeness (QED) is 0.481. The van der Waals surface area contributed by atoms with Crippen LogP contribution in [0.5, 0.6) is 5.75 Å². The number of esters is 1. The molecule has 0 aliphatic rings. The Labute approximate surface area is 120 Å². The Morgan fingerprint density at radius 3 is 2.58 bits per heavy atom. The first-order chi connectivity index (χ1) is 9.06. The van der Waals surface area contributed by atoms with Crippen molar-refractivity contribution in [2.75, 3.05) is 0 Å². The Balaban J connectivity index is 2.11. The highest BCUT2D eigenvalue weighted by atomic mass is 79.9. The van der Waals surface area contributed by atoms with E-state index in [-0.39, 0.29) is 0 Å². The fourth-order valence-electron chi connectivity index (χ4n) is 1.73. The van der Waals surface area contributed by atoms with Crippen LogP contribution in [-0.4, -0.2) is 5.97 Å². The number of halogens is 1. The summed E-state index contributed by atoms with van der Waals surface area (Å²) in [5, 5.41) is 0. The van der Waals surface area contributed by atoms with Crippen LogP contribution in [-0.2, 0) is 4.79 Å². The van der Waals surface area contributed by atoms with Crippen LogP contribution in [0.2, 0.25) is 0 Å². The average Bonchev–Trinajstić information content (AvgIpc) is 2.84. The Kier molecular flexibility index (Phi) is 4.22. The highest BCUT2D eigenvalue weighted by molar-refractivity contribution is 9.10. The molecule has 1 heterocycles. The van der Waals surface area contributed by atoms with Gasteiger partial charge in [-0.25, -0.2) is 4.79 Å². The molecule has 0 radical (unpaired) electrons. The van der Waals surface area contributed by atoms with E-state index in [4.69, 9.17) is 9.15 Å². The molecule has 0 amide bonds. The molecule has 0 spiro atoms. The SMILES string of the molecule is Cc1cc(Br)cc(C)c1OC(=O)/C=C/c1ccco1. The third kappa shape index (κ3) is 3.58. The van der Waals surface area contributed by atoms with Crippen molar-refractivity contribution in [2.45, 2.75) is 13.8 Å². The van der Waals surface area contributed by atoms with Crippen molar-refractivity contribution in [1.82, 2.24) is 0 Å². The van der Waals surface area contributed by atoms with E-state index in [9.17, 15) is 4.79 Å². The van der Waals surface area contributed by atoms with Gasteiger partial charge in [0.15, 0.2) is 0 Å². The fraction of sp³-hybridized carbons (Fsp3) is 0.133. The van der Waals surface area contributed by atoms with Crippen LogP contribution in [0, 0.1) is 13.8 Å². The number of hydrogen-bond acceptors (Lipinski definition) is 3. The summed E-state index contributed by atoms with van der Waals surface area (Å²) >= 11 is 3.40. The van der Waals surface area contributed by atoms with E-state index >= 15 is 0 Å². The van der Waals surface area contributed by atoms with Gasteiger partial charge in [-0.05, 0) is 55.3 Å². The lowest BCUT2D eigenvalue weighted by Crippen LogP contribution is -2.06. The Bertz CT molecular complexity index is 589. The monoisotopic (exact) mass is 320 g/mol. The molecule has 98 valence electrons.